The lowest BCUT2D eigenvalue weighted by Crippen LogP contribution is -2.44. The van der Waals surface area contributed by atoms with E-state index in [-0.39, 0.29) is 35.4 Å². The van der Waals surface area contributed by atoms with Crippen LogP contribution in [-0.2, 0) is 11.3 Å². The standard InChI is InChI=1S/C35H45N5O5/c1-24-12-15-30(32(21-24)45-20-8-4-5-11-33(42)40-18-16-26(17-19-40)39(2)3)38-35(44)27-14-13-25(22-29(27)36)23-37-34(43)28-9-6-7-10-31(28)41/h6-7,9-10,12-15,21-22,26,41H,4-5,8,11,16-20,23,36H2,1-3H3,(H,37,43)(H,38,44). The molecule has 0 aromatic heterocycles. The Labute approximate surface area is 265 Å². The number of benzene rings is 3. The monoisotopic (exact) mass is 615 g/mol. The van der Waals surface area contributed by atoms with Crippen molar-refractivity contribution < 1.29 is 24.2 Å². The van der Waals surface area contributed by atoms with Crippen molar-refractivity contribution in [3.8, 4) is 11.5 Å². The predicted octanol–water partition coefficient (Wildman–Crippen LogP) is 4.96. The van der Waals surface area contributed by atoms with E-state index in [1.54, 1.807) is 36.4 Å². The SMILES string of the molecule is Cc1ccc(NC(=O)c2ccc(CNC(=O)c3ccccc3O)cc2N)c(OCCCCCC(=O)N2CCC(N(C)C)CC2)c1. The molecule has 0 radical (unpaired) electrons. The fraction of sp³-hybridized carbons (Fsp3) is 0.400. The molecule has 45 heavy (non-hydrogen) atoms. The van der Waals surface area contributed by atoms with Crippen molar-refractivity contribution >= 4 is 29.1 Å². The number of piperidine rings is 1. The molecule has 3 aromatic rings. The number of hydrogen-bond donors (Lipinski definition) is 4. The highest BCUT2D eigenvalue weighted by molar-refractivity contribution is 6.08. The number of para-hydroxylation sites is 1. The van der Waals surface area contributed by atoms with Gasteiger partial charge in [0.05, 0.1) is 23.4 Å². The molecule has 0 atom stereocenters. The number of likely N-dealkylation sites (tertiary alicyclic amines) is 1. The number of nitrogens with one attached hydrogen (secondary N) is 2. The predicted molar refractivity (Wildman–Crippen MR) is 177 cm³/mol. The number of phenols is 1. The molecule has 3 aromatic carbocycles. The van der Waals surface area contributed by atoms with Gasteiger partial charge in [0.1, 0.15) is 11.5 Å². The van der Waals surface area contributed by atoms with Gasteiger partial charge in [0.2, 0.25) is 5.91 Å². The van der Waals surface area contributed by atoms with Crippen LogP contribution in [-0.4, -0.2) is 72.5 Å². The summed E-state index contributed by atoms with van der Waals surface area (Å²) in [6.07, 6.45) is 5.11. The molecule has 0 aliphatic carbocycles. The number of unbranched alkanes of at least 4 members (excludes halogenated alkanes) is 2. The molecular weight excluding hydrogens is 570 g/mol. The number of carbonyl (C=O) groups excluding carboxylic acids is 3. The Morgan fingerprint density at radius 1 is 0.956 bits per heavy atom. The Morgan fingerprint density at radius 2 is 1.71 bits per heavy atom. The second kappa shape index (κ2) is 15.9. The first kappa shape index (κ1) is 33.3. The summed E-state index contributed by atoms with van der Waals surface area (Å²) in [5.74, 6) is -0.0742. The van der Waals surface area contributed by atoms with Gasteiger partial charge in [-0.3, -0.25) is 14.4 Å². The van der Waals surface area contributed by atoms with Crippen molar-refractivity contribution in [2.24, 2.45) is 0 Å². The highest BCUT2D eigenvalue weighted by Crippen LogP contribution is 2.28. The minimum atomic E-state index is -0.412. The van der Waals surface area contributed by atoms with E-state index in [0.29, 0.717) is 41.6 Å². The number of ether oxygens (including phenoxy) is 1. The summed E-state index contributed by atoms with van der Waals surface area (Å²) in [5, 5.41) is 15.5. The van der Waals surface area contributed by atoms with Crippen LogP contribution in [0.3, 0.4) is 0 Å². The lowest BCUT2D eigenvalue weighted by atomic mass is 10.0. The number of nitrogens with two attached hydrogens (primary N) is 1. The number of aryl methyl sites for hydroxylation is 1. The number of aromatic hydroxyl groups is 1. The third-order valence-corrected chi connectivity index (χ3v) is 8.19. The molecule has 3 amide bonds. The van der Waals surface area contributed by atoms with Gasteiger partial charge in [-0.1, -0.05) is 24.3 Å². The molecule has 0 saturated carbocycles. The van der Waals surface area contributed by atoms with Gasteiger partial charge >= 0.3 is 0 Å². The third kappa shape index (κ3) is 9.46. The van der Waals surface area contributed by atoms with Crippen molar-refractivity contribution in [1.29, 1.82) is 0 Å². The quantitative estimate of drug-likeness (QED) is 0.158. The first-order valence-corrected chi connectivity index (χ1v) is 15.6. The van der Waals surface area contributed by atoms with Gasteiger partial charge in [-0.15, -0.1) is 0 Å². The van der Waals surface area contributed by atoms with E-state index in [1.807, 2.05) is 24.0 Å². The van der Waals surface area contributed by atoms with Crippen LogP contribution in [0, 0.1) is 6.92 Å². The zero-order valence-corrected chi connectivity index (χ0v) is 26.5. The first-order chi connectivity index (χ1) is 21.6. The average molecular weight is 616 g/mol. The molecular formula is C35H45N5O5. The van der Waals surface area contributed by atoms with E-state index in [0.717, 1.165) is 50.8 Å². The van der Waals surface area contributed by atoms with Crippen LogP contribution < -0.4 is 21.1 Å². The summed E-state index contributed by atoms with van der Waals surface area (Å²) in [6, 6.07) is 17.4. The van der Waals surface area contributed by atoms with E-state index in [9.17, 15) is 19.5 Å². The van der Waals surface area contributed by atoms with Crippen LogP contribution >= 0.6 is 0 Å². The number of carbonyl (C=O) groups is 3. The van der Waals surface area contributed by atoms with Crippen molar-refractivity contribution in [3.05, 3.63) is 82.9 Å². The van der Waals surface area contributed by atoms with Gasteiger partial charge in [0.15, 0.2) is 0 Å². The van der Waals surface area contributed by atoms with Crippen molar-refractivity contribution in [3.63, 3.8) is 0 Å². The second-order valence-corrected chi connectivity index (χ2v) is 11.8. The maximum absolute atomic E-state index is 13.2. The molecule has 1 saturated heterocycles. The van der Waals surface area contributed by atoms with Gasteiger partial charge in [-0.2, -0.15) is 0 Å². The number of hydrogen-bond acceptors (Lipinski definition) is 7. The highest BCUT2D eigenvalue weighted by Gasteiger charge is 2.23. The maximum atomic E-state index is 13.2. The van der Waals surface area contributed by atoms with Gasteiger partial charge in [0, 0.05) is 37.8 Å². The normalized spacial score (nSPS) is 13.5. The average Bonchev–Trinajstić information content (AvgIpc) is 3.02. The van der Waals surface area contributed by atoms with Gasteiger partial charge in [-0.25, -0.2) is 0 Å². The number of phenolic OH excluding ortho intramolecular Hbond substituents is 1. The molecule has 1 fully saturated rings. The molecule has 10 nitrogen and oxygen atoms in total. The molecule has 240 valence electrons. The molecule has 10 heteroatoms. The van der Waals surface area contributed by atoms with Crippen LogP contribution in [0.15, 0.2) is 60.7 Å². The van der Waals surface area contributed by atoms with E-state index < -0.39 is 5.91 Å². The number of anilines is 2. The van der Waals surface area contributed by atoms with E-state index in [4.69, 9.17) is 10.5 Å². The molecule has 1 aliphatic heterocycles. The van der Waals surface area contributed by atoms with Crippen LogP contribution in [0.5, 0.6) is 11.5 Å². The Kier molecular flexibility index (Phi) is 11.8. The number of rotatable bonds is 13. The largest absolute Gasteiger partial charge is 0.507 e. The first-order valence-electron chi connectivity index (χ1n) is 15.6. The van der Waals surface area contributed by atoms with Crippen LogP contribution in [0.2, 0.25) is 0 Å². The van der Waals surface area contributed by atoms with Gasteiger partial charge in [0.25, 0.3) is 11.8 Å². The minimum absolute atomic E-state index is 0.0978. The van der Waals surface area contributed by atoms with Gasteiger partial charge < -0.3 is 36.0 Å². The molecule has 0 bridgehead atoms. The topological polar surface area (TPSA) is 137 Å². The minimum Gasteiger partial charge on any atom is -0.507 e. The Balaban J connectivity index is 1.23. The van der Waals surface area contributed by atoms with E-state index in [1.165, 1.54) is 12.1 Å². The highest BCUT2D eigenvalue weighted by atomic mass is 16.5. The zero-order valence-electron chi connectivity index (χ0n) is 26.5. The number of nitrogens with zero attached hydrogens (tertiary/aromatic N) is 2. The van der Waals surface area contributed by atoms with E-state index >= 15 is 0 Å². The smallest absolute Gasteiger partial charge is 0.257 e. The van der Waals surface area contributed by atoms with E-state index in [2.05, 4.69) is 29.6 Å². The van der Waals surface area contributed by atoms with Crippen molar-refractivity contribution in [2.45, 2.75) is 58.0 Å². The molecule has 1 aliphatic rings. The molecule has 5 N–H and O–H groups in total. The summed E-state index contributed by atoms with van der Waals surface area (Å²) >= 11 is 0. The summed E-state index contributed by atoms with van der Waals surface area (Å²) in [5.41, 5.74) is 9.22. The summed E-state index contributed by atoms with van der Waals surface area (Å²) in [6.45, 7) is 4.28. The fourth-order valence-corrected chi connectivity index (χ4v) is 5.44. The Bertz CT molecular complexity index is 1480. The Hall–Kier alpha value is -4.57. The number of nitrogen functional groups attached to an aromatic ring is 1. The van der Waals surface area contributed by atoms with Crippen molar-refractivity contribution in [1.82, 2.24) is 15.1 Å². The van der Waals surface area contributed by atoms with Gasteiger partial charge in [-0.05, 0) is 101 Å². The van der Waals surface area contributed by atoms with Crippen molar-refractivity contribution in [2.75, 3.05) is 44.8 Å². The molecule has 0 spiro atoms. The lowest BCUT2D eigenvalue weighted by molar-refractivity contribution is -0.132. The lowest BCUT2D eigenvalue weighted by Gasteiger charge is -2.35. The summed E-state index contributed by atoms with van der Waals surface area (Å²) in [4.78, 5) is 42.4. The van der Waals surface area contributed by atoms with Crippen LogP contribution in [0.1, 0.15) is 70.4 Å². The van der Waals surface area contributed by atoms with Crippen LogP contribution in [0.4, 0.5) is 11.4 Å². The summed E-state index contributed by atoms with van der Waals surface area (Å²) < 4.78 is 6.06. The molecule has 0 unspecified atom stereocenters. The fourth-order valence-electron chi connectivity index (χ4n) is 5.44. The zero-order chi connectivity index (χ0) is 32.3. The number of amides is 3. The second-order valence-electron chi connectivity index (χ2n) is 11.8. The summed E-state index contributed by atoms with van der Waals surface area (Å²) in [7, 11) is 4.19. The Morgan fingerprint density at radius 3 is 2.42 bits per heavy atom. The molecule has 4 rings (SSSR count). The van der Waals surface area contributed by atoms with Crippen LogP contribution in [0.25, 0.3) is 0 Å². The molecule has 1 heterocycles. The third-order valence-electron chi connectivity index (χ3n) is 8.19. The maximum Gasteiger partial charge on any atom is 0.257 e.